The Balaban J connectivity index is 2.64. The molecule has 0 bridgehead atoms. The molecule has 0 aliphatic rings. The van der Waals surface area contributed by atoms with Gasteiger partial charge in [-0.25, -0.2) is 4.68 Å². The number of hydrogen-bond acceptors (Lipinski definition) is 3. The molecule has 1 aromatic heterocycles. The molecule has 1 amide bonds. The number of carbonyl (C=O) groups excluding carboxylic acids is 1. The molecule has 1 N–H and O–H groups in total. The van der Waals surface area contributed by atoms with Crippen molar-refractivity contribution in [2.24, 2.45) is 13.0 Å². The van der Waals surface area contributed by atoms with Crippen LogP contribution in [0.25, 0.3) is 0 Å². The van der Waals surface area contributed by atoms with Crippen LogP contribution in [-0.4, -0.2) is 20.7 Å². The molecule has 0 fully saturated rings. The number of aromatic nitrogens is 3. The van der Waals surface area contributed by atoms with Gasteiger partial charge in [-0.1, -0.05) is 40.5 Å². The number of nitrogens with one attached hydrogen (secondary N) is 1. The molecule has 0 saturated carbocycles. The minimum atomic E-state index is 0.0177. The van der Waals surface area contributed by atoms with Crippen LogP contribution in [0.5, 0.6) is 0 Å². The molecule has 18 heavy (non-hydrogen) atoms. The number of rotatable bonds is 6. The second-order valence-corrected chi connectivity index (χ2v) is 5.10. The lowest BCUT2D eigenvalue weighted by molar-refractivity contribution is -0.119. The number of nitrogens with zero attached hydrogens (tertiary/aromatic N) is 3. The van der Waals surface area contributed by atoms with Crippen molar-refractivity contribution in [3.05, 3.63) is 5.82 Å². The van der Waals surface area contributed by atoms with E-state index >= 15 is 0 Å². The van der Waals surface area contributed by atoms with E-state index in [0.717, 1.165) is 25.1 Å². The van der Waals surface area contributed by atoms with Gasteiger partial charge in [-0.15, -0.1) is 0 Å². The molecule has 0 aliphatic heterocycles. The number of hydrogen-bond donors (Lipinski definition) is 1. The van der Waals surface area contributed by atoms with Crippen LogP contribution in [-0.2, 0) is 11.8 Å². The average Bonchev–Trinajstić information content (AvgIpc) is 2.68. The van der Waals surface area contributed by atoms with Gasteiger partial charge < -0.3 is 0 Å². The number of anilines is 1. The van der Waals surface area contributed by atoms with E-state index in [1.165, 1.54) is 0 Å². The minimum absolute atomic E-state index is 0.0177. The van der Waals surface area contributed by atoms with Gasteiger partial charge in [-0.2, -0.15) is 10.1 Å². The third-order valence-electron chi connectivity index (χ3n) is 2.97. The maximum Gasteiger partial charge on any atom is 0.229 e. The lowest BCUT2D eigenvalue weighted by atomic mass is 10.0. The third-order valence-corrected chi connectivity index (χ3v) is 2.97. The second-order valence-electron chi connectivity index (χ2n) is 5.10. The number of amides is 1. The predicted molar refractivity (Wildman–Crippen MR) is 72.4 cm³/mol. The fraction of sp³-hybridized carbons (Fsp3) is 0.769. The van der Waals surface area contributed by atoms with Crippen molar-refractivity contribution in [2.45, 2.75) is 52.9 Å². The molecule has 0 radical (unpaired) electrons. The maximum atomic E-state index is 12.0. The van der Waals surface area contributed by atoms with Gasteiger partial charge in [-0.05, 0) is 6.42 Å². The molecule has 1 heterocycles. The lowest BCUT2D eigenvalue weighted by Crippen LogP contribution is -2.22. The van der Waals surface area contributed by atoms with Crippen LogP contribution in [0.4, 0.5) is 5.95 Å². The quantitative estimate of drug-likeness (QED) is 0.846. The highest BCUT2D eigenvalue weighted by atomic mass is 16.2. The van der Waals surface area contributed by atoms with E-state index < -0.39 is 0 Å². The highest BCUT2D eigenvalue weighted by Gasteiger charge is 2.16. The Morgan fingerprint density at radius 2 is 2.06 bits per heavy atom. The van der Waals surface area contributed by atoms with Crippen molar-refractivity contribution < 1.29 is 4.79 Å². The Kier molecular flexibility index (Phi) is 5.31. The summed E-state index contributed by atoms with van der Waals surface area (Å²) in [5, 5.41) is 7.12. The smallest absolute Gasteiger partial charge is 0.229 e. The van der Waals surface area contributed by atoms with Gasteiger partial charge in [0.1, 0.15) is 0 Å². The van der Waals surface area contributed by atoms with E-state index in [1.54, 1.807) is 11.7 Å². The Labute approximate surface area is 109 Å². The number of carbonyl (C=O) groups is 1. The third kappa shape index (κ3) is 3.82. The lowest BCUT2D eigenvalue weighted by Gasteiger charge is -2.10. The van der Waals surface area contributed by atoms with Crippen LogP contribution in [0.2, 0.25) is 0 Å². The van der Waals surface area contributed by atoms with Crippen molar-refractivity contribution in [2.75, 3.05) is 5.32 Å². The number of aryl methyl sites for hydroxylation is 1. The molecule has 5 heteroatoms. The zero-order valence-corrected chi connectivity index (χ0v) is 12.0. The van der Waals surface area contributed by atoms with E-state index in [2.05, 4.69) is 22.3 Å². The van der Waals surface area contributed by atoms with Gasteiger partial charge in [0.15, 0.2) is 5.82 Å². The summed E-state index contributed by atoms with van der Waals surface area (Å²) in [5.74, 6) is 1.60. The zero-order valence-electron chi connectivity index (χ0n) is 12.0. The van der Waals surface area contributed by atoms with Crippen LogP contribution < -0.4 is 5.32 Å². The molecule has 5 nitrogen and oxygen atoms in total. The largest absolute Gasteiger partial charge is 0.295 e. The zero-order chi connectivity index (χ0) is 13.7. The highest BCUT2D eigenvalue weighted by molar-refractivity contribution is 5.90. The summed E-state index contributed by atoms with van der Waals surface area (Å²) in [5.41, 5.74) is 0. The molecule has 0 aliphatic carbocycles. The summed E-state index contributed by atoms with van der Waals surface area (Å²) in [4.78, 5) is 16.3. The van der Waals surface area contributed by atoms with Crippen molar-refractivity contribution in [1.29, 1.82) is 0 Å². The predicted octanol–water partition coefficient (Wildman–Crippen LogP) is 2.70. The Morgan fingerprint density at radius 3 is 2.56 bits per heavy atom. The molecule has 1 unspecified atom stereocenters. The average molecular weight is 252 g/mol. The van der Waals surface area contributed by atoms with E-state index in [1.807, 2.05) is 20.8 Å². The van der Waals surface area contributed by atoms with E-state index in [-0.39, 0.29) is 17.7 Å². The van der Waals surface area contributed by atoms with Gasteiger partial charge in [0, 0.05) is 18.9 Å². The summed E-state index contributed by atoms with van der Waals surface area (Å²) in [6.07, 6.45) is 3.10. The first kappa shape index (κ1) is 14.7. The standard InChI is InChI=1S/C13H24N4O/c1-6-7-8-10(4)12(18)15-13-14-11(9(2)3)16-17(13)5/h9-10H,6-8H2,1-5H3,(H,14,15,16,18). The number of unbranched alkanes of at least 4 members (excludes halogenated alkanes) is 1. The maximum absolute atomic E-state index is 12.0. The Morgan fingerprint density at radius 1 is 1.39 bits per heavy atom. The van der Waals surface area contributed by atoms with Gasteiger partial charge in [0.25, 0.3) is 0 Å². The van der Waals surface area contributed by atoms with Crippen LogP contribution in [0.1, 0.15) is 58.7 Å². The van der Waals surface area contributed by atoms with E-state index in [9.17, 15) is 4.79 Å². The van der Waals surface area contributed by atoms with Gasteiger partial charge in [-0.3, -0.25) is 10.1 Å². The summed E-state index contributed by atoms with van der Waals surface area (Å²) in [7, 11) is 1.80. The molecule has 0 aromatic carbocycles. The van der Waals surface area contributed by atoms with Crippen molar-refractivity contribution in [3.63, 3.8) is 0 Å². The molecule has 1 rings (SSSR count). The van der Waals surface area contributed by atoms with Gasteiger partial charge in [0.05, 0.1) is 0 Å². The van der Waals surface area contributed by atoms with E-state index in [0.29, 0.717) is 5.95 Å². The van der Waals surface area contributed by atoms with Gasteiger partial charge in [0.2, 0.25) is 11.9 Å². The molecular weight excluding hydrogens is 228 g/mol. The molecule has 0 saturated heterocycles. The summed E-state index contributed by atoms with van der Waals surface area (Å²) in [6.45, 7) is 8.14. The first-order chi connectivity index (χ1) is 8.45. The summed E-state index contributed by atoms with van der Waals surface area (Å²) in [6, 6.07) is 0. The first-order valence-corrected chi connectivity index (χ1v) is 6.67. The molecule has 1 aromatic rings. The Hall–Kier alpha value is -1.39. The molecular formula is C13H24N4O. The fourth-order valence-electron chi connectivity index (χ4n) is 1.63. The highest BCUT2D eigenvalue weighted by Crippen LogP contribution is 2.14. The van der Waals surface area contributed by atoms with Crippen LogP contribution in [0.15, 0.2) is 0 Å². The topological polar surface area (TPSA) is 59.8 Å². The van der Waals surface area contributed by atoms with Crippen molar-refractivity contribution >= 4 is 11.9 Å². The van der Waals surface area contributed by atoms with E-state index in [4.69, 9.17) is 0 Å². The minimum Gasteiger partial charge on any atom is -0.295 e. The van der Waals surface area contributed by atoms with Crippen molar-refractivity contribution in [1.82, 2.24) is 14.8 Å². The first-order valence-electron chi connectivity index (χ1n) is 6.67. The van der Waals surface area contributed by atoms with Crippen LogP contribution in [0.3, 0.4) is 0 Å². The second kappa shape index (κ2) is 6.52. The van der Waals surface area contributed by atoms with Crippen LogP contribution in [0, 0.1) is 5.92 Å². The van der Waals surface area contributed by atoms with Gasteiger partial charge >= 0.3 is 0 Å². The van der Waals surface area contributed by atoms with Crippen molar-refractivity contribution in [3.8, 4) is 0 Å². The molecule has 0 spiro atoms. The molecule has 102 valence electrons. The normalized spacial score (nSPS) is 12.8. The SMILES string of the molecule is CCCCC(C)C(=O)Nc1nc(C(C)C)nn1C. The summed E-state index contributed by atoms with van der Waals surface area (Å²) < 4.78 is 1.62. The molecule has 1 atom stereocenters. The van der Waals surface area contributed by atoms with Crippen LogP contribution >= 0.6 is 0 Å². The monoisotopic (exact) mass is 252 g/mol. The fourth-order valence-corrected chi connectivity index (χ4v) is 1.63. The summed E-state index contributed by atoms with van der Waals surface area (Å²) >= 11 is 0. The Bertz CT molecular complexity index is 398.